The molecule has 0 unspecified atom stereocenters. The van der Waals surface area contributed by atoms with Gasteiger partial charge >= 0.3 is 5.97 Å². The second-order valence-corrected chi connectivity index (χ2v) is 7.23. The van der Waals surface area contributed by atoms with Gasteiger partial charge in [0.15, 0.2) is 11.4 Å². The first-order valence-electron chi connectivity index (χ1n) is 9.83. The Kier molecular flexibility index (Phi) is 5.71. The van der Waals surface area contributed by atoms with Crippen molar-refractivity contribution in [3.8, 4) is 11.4 Å². The van der Waals surface area contributed by atoms with Gasteiger partial charge in [-0.05, 0) is 37.8 Å². The molecule has 0 atom stereocenters. The maximum atomic E-state index is 11.3. The van der Waals surface area contributed by atoms with Gasteiger partial charge in [0.1, 0.15) is 11.2 Å². The summed E-state index contributed by atoms with van der Waals surface area (Å²) in [5.74, 6) is -0.261. The topological polar surface area (TPSA) is 102 Å². The van der Waals surface area contributed by atoms with Gasteiger partial charge < -0.3 is 19.2 Å². The van der Waals surface area contributed by atoms with Gasteiger partial charge in [0.2, 0.25) is 0 Å². The lowest BCUT2D eigenvalue weighted by Crippen LogP contribution is -2.37. The Morgan fingerprint density at radius 2 is 2.10 bits per heavy atom. The summed E-state index contributed by atoms with van der Waals surface area (Å²) in [6.07, 6.45) is 6.23. The molecule has 3 aromatic rings. The van der Waals surface area contributed by atoms with Gasteiger partial charge in [-0.15, -0.1) is 0 Å². The highest BCUT2D eigenvalue weighted by Gasteiger charge is 2.27. The predicted octanol–water partition coefficient (Wildman–Crippen LogP) is 3.16. The molecular weight excluding hydrogens is 372 g/mol. The third-order valence-corrected chi connectivity index (χ3v) is 5.28. The van der Waals surface area contributed by atoms with Crippen molar-refractivity contribution < 1.29 is 19.1 Å². The molecule has 0 saturated carbocycles. The average molecular weight is 396 g/mol. The third kappa shape index (κ3) is 4.22. The van der Waals surface area contributed by atoms with Gasteiger partial charge in [0.05, 0.1) is 23.6 Å². The number of pyridine rings is 1. The zero-order valence-electron chi connectivity index (χ0n) is 16.4. The molecule has 1 N–H and O–H groups in total. The highest BCUT2D eigenvalue weighted by molar-refractivity contribution is 5.79. The number of carboxylic acids is 1. The SMILES string of the molecule is COCCCc1cnc(-c2ccc3occc3n2)c(N2CCC(C(=O)O)CC2)n1. The molecule has 8 heteroatoms. The van der Waals surface area contributed by atoms with Crippen LogP contribution in [0.15, 0.2) is 35.1 Å². The lowest BCUT2D eigenvalue weighted by atomic mass is 9.97. The van der Waals surface area contributed by atoms with Gasteiger partial charge in [-0.2, -0.15) is 0 Å². The normalized spacial score (nSPS) is 15.1. The zero-order chi connectivity index (χ0) is 20.2. The number of piperidine rings is 1. The van der Waals surface area contributed by atoms with E-state index in [0.29, 0.717) is 38.2 Å². The minimum atomic E-state index is -0.726. The van der Waals surface area contributed by atoms with Crippen LogP contribution in [0.3, 0.4) is 0 Å². The number of aromatic nitrogens is 3. The minimum Gasteiger partial charge on any atom is -0.481 e. The summed E-state index contributed by atoms with van der Waals surface area (Å²) in [5, 5.41) is 9.30. The molecule has 4 heterocycles. The van der Waals surface area contributed by atoms with E-state index in [0.717, 1.165) is 41.1 Å². The van der Waals surface area contributed by atoms with Gasteiger partial charge in [-0.25, -0.2) is 15.0 Å². The van der Waals surface area contributed by atoms with Crippen LogP contribution in [0.2, 0.25) is 0 Å². The van der Waals surface area contributed by atoms with Crippen molar-refractivity contribution in [2.24, 2.45) is 5.92 Å². The van der Waals surface area contributed by atoms with Crippen molar-refractivity contribution in [3.63, 3.8) is 0 Å². The Hall–Kier alpha value is -3.00. The van der Waals surface area contributed by atoms with Crippen molar-refractivity contribution in [1.82, 2.24) is 15.0 Å². The molecule has 1 aliphatic rings. The summed E-state index contributed by atoms with van der Waals surface area (Å²) in [5.41, 5.74) is 3.82. The fourth-order valence-corrected chi connectivity index (χ4v) is 3.66. The van der Waals surface area contributed by atoms with Gasteiger partial charge in [0, 0.05) is 39.1 Å². The van der Waals surface area contributed by atoms with E-state index in [4.69, 9.17) is 19.1 Å². The molecule has 8 nitrogen and oxygen atoms in total. The molecule has 1 fully saturated rings. The zero-order valence-corrected chi connectivity index (χ0v) is 16.4. The first-order valence-corrected chi connectivity index (χ1v) is 9.83. The number of methoxy groups -OCH3 is 1. The van der Waals surface area contributed by atoms with Crippen molar-refractivity contribution >= 4 is 22.9 Å². The number of fused-ring (bicyclic) bond motifs is 1. The Bertz CT molecular complexity index is 995. The van der Waals surface area contributed by atoms with E-state index >= 15 is 0 Å². The second-order valence-electron chi connectivity index (χ2n) is 7.23. The van der Waals surface area contributed by atoms with Crippen molar-refractivity contribution in [3.05, 3.63) is 36.4 Å². The number of nitrogens with zero attached hydrogens (tertiary/aromatic N) is 4. The molecule has 0 bridgehead atoms. The molecule has 0 spiro atoms. The van der Waals surface area contributed by atoms with Crippen LogP contribution in [0.4, 0.5) is 5.82 Å². The van der Waals surface area contributed by atoms with E-state index in [1.165, 1.54) is 0 Å². The Morgan fingerprint density at radius 1 is 1.28 bits per heavy atom. The van der Waals surface area contributed by atoms with Crippen LogP contribution >= 0.6 is 0 Å². The monoisotopic (exact) mass is 396 g/mol. The molecule has 1 aliphatic heterocycles. The molecule has 3 aromatic heterocycles. The number of carbonyl (C=O) groups is 1. The summed E-state index contributed by atoms with van der Waals surface area (Å²) in [7, 11) is 1.69. The highest BCUT2D eigenvalue weighted by atomic mass is 16.5. The second kappa shape index (κ2) is 8.57. The van der Waals surface area contributed by atoms with Crippen LogP contribution < -0.4 is 4.90 Å². The van der Waals surface area contributed by atoms with Crippen LogP contribution in [-0.2, 0) is 16.0 Å². The predicted molar refractivity (Wildman–Crippen MR) is 108 cm³/mol. The van der Waals surface area contributed by atoms with Crippen molar-refractivity contribution in [2.75, 3.05) is 31.7 Å². The minimum absolute atomic E-state index is 0.298. The van der Waals surface area contributed by atoms with Crippen LogP contribution in [0.1, 0.15) is 25.0 Å². The van der Waals surface area contributed by atoms with E-state index in [2.05, 4.69) is 9.88 Å². The van der Waals surface area contributed by atoms with Crippen molar-refractivity contribution in [1.29, 1.82) is 0 Å². The standard InChI is InChI=1S/C21H24N4O4/c1-28-11-2-3-15-13-22-19(17-4-5-18-16(24-17)8-12-29-18)20(23-15)25-9-6-14(7-10-25)21(26)27/h4-5,8,12-14H,2-3,6-7,9-11H2,1H3,(H,26,27). The Balaban J connectivity index is 1.67. The van der Waals surface area contributed by atoms with Crippen molar-refractivity contribution in [2.45, 2.75) is 25.7 Å². The maximum absolute atomic E-state index is 11.3. The van der Waals surface area contributed by atoms with E-state index in [9.17, 15) is 9.90 Å². The first-order chi connectivity index (χ1) is 14.2. The number of hydrogen-bond donors (Lipinski definition) is 1. The van der Waals surface area contributed by atoms with E-state index < -0.39 is 5.97 Å². The number of aryl methyl sites for hydroxylation is 1. The lowest BCUT2D eigenvalue weighted by molar-refractivity contribution is -0.142. The number of anilines is 1. The molecule has 0 aromatic carbocycles. The van der Waals surface area contributed by atoms with Crippen LogP contribution in [0, 0.1) is 5.92 Å². The third-order valence-electron chi connectivity index (χ3n) is 5.28. The maximum Gasteiger partial charge on any atom is 0.306 e. The fraction of sp³-hybridized carbons (Fsp3) is 0.429. The summed E-state index contributed by atoms with van der Waals surface area (Å²) < 4.78 is 10.5. The molecule has 1 saturated heterocycles. The van der Waals surface area contributed by atoms with E-state index in [1.807, 2.05) is 18.2 Å². The fourth-order valence-electron chi connectivity index (χ4n) is 3.66. The number of furan rings is 1. The number of ether oxygens (including phenoxy) is 1. The molecular formula is C21H24N4O4. The number of aliphatic carboxylic acids is 1. The Labute approximate surface area is 168 Å². The molecule has 29 heavy (non-hydrogen) atoms. The van der Waals surface area contributed by atoms with Gasteiger partial charge in [-0.1, -0.05) is 0 Å². The number of carboxylic acid groups (broad SMARTS) is 1. The summed E-state index contributed by atoms with van der Waals surface area (Å²) in [6.45, 7) is 1.93. The molecule has 4 rings (SSSR count). The van der Waals surface area contributed by atoms with E-state index in [-0.39, 0.29) is 5.92 Å². The summed E-state index contributed by atoms with van der Waals surface area (Å²) in [4.78, 5) is 27.7. The van der Waals surface area contributed by atoms with Gasteiger partial charge in [0.25, 0.3) is 0 Å². The van der Waals surface area contributed by atoms with E-state index in [1.54, 1.807) is 19.6 Å². The lowest BCUT2D eigenvalue weighted by Gasteiger charge is -2.32. The molecule has 152 valence electrons. The molecule has 0 amide bonds. The van der Waals surface area contributed by atoms with Gasteiger partial charge in [-0.3, -0.25) is 4.79 Å². The number of rotatable bonds is 7. The highest BCUT2D eigenvalue weighted by Crippen LogP contribution is 2.31. The Morgan fingerprint density at radius 3 is 2.86 bits per heavy atom. The smallest absolute Gasteiger partial charge is 0.306 e. The summed E-state index contributed by atoms with van der Waals surface area (Å²) in [6, 6.07) is 5.59. The molecule has 0 aliphatic carbocycles. The first kappa shape index (κ1) is 19.3. The molecule has 0 radical (unpaired) electrons. The average Bonchev–Trinajstić information content (AvgIpc) is 3.22. The summed E-state index contributed by atoms with van der Waals surface area (Å²) >= 11 is 0. The van der Waals surface area contributed by atoms with Crippen LogP contribution in [-0.4, -0.2) is 52.8 Å². The largest absolute Gasteiger partial charge is 0.481 e. The number of hydrogen-bond acceptors (Lipinski definition) is 7. The van der Waals surface area contributed by atoms with Crippen LogP contribution in [0.25, 0.3) is 22.5 Å². The quantitative estimate of drug-likeness (QED) is 0.608. The van der Waals surface area contributed by atoms with Crippen LogP contribution in [0.5, 0.6) is 0 Å².